The number of aliphatic hydroxyl groups excluding tert-OH is 3. The van der Waals surface area contributed by atoms with Crippen molar-refractivity contribution >= 4 is 12.0 Å². The standard InChI is InChI=1S/C18H26N2O4/c1-2-13(18(19)24)15-17(23)16(22)14(11-21)20(15)10-6-9-12-7-4-3-5-8-12/h3-9,13-17,21-23H,2,10-11H2,1H3,(H2,19,24). The molecule has 5 atom stereocenters. The Bertz CT molecular complexity index is 563. The summed E-state index contributed by atoms with van der Waals surface area (Å²) in [6.07, 6.45) is 2.04. The van der Waals surface area contributed by atoms with E-state index in [9.17, 15) is 20.1 Å². The molecule has 1 heterocycles. The van der Waals surface area contributed by atoms with E-state index in [1.54, 1.807) is 4.90 Å². The zero-order valence-electron chi connectivity index (χ0n) is 13.8. The van der Waals surface area contributed by atoms with Crippen molar-refractivity contribution in [1.82, 2.24) is 4.90 Å². The molecule has 0 radical (unpaired) electrons. The summed E-state index contributed by atoms with van der Waals surface area (Å²) in [4.78, 5) is 13.5. The molecule has 1 fully saturated rings. The summed E-state index contributed by atoms with van der Waals surface area (Å²) >= 11 is 0. The van der Waals surface area contributed by atoms with Gasteiger partial charge in [0.05, 0.1) is 36.8 Å². The normalized spacial score (nSPS) is 29.2. The van der Waals surface area contributed by atoms with E-state index in [1.165, 1.54) is 0 Å². The second-order valence-corrected chi connectivity index (χ2v) is 6.15. The molecule has 5 N–H and O–H groups in total. The van der Waals surface area contributed by atoms with E-state index in [1.807, 2.05) is 49.4 Å². The molecular formula is C18H26N2O4. The van der Waals surface area contributed by atoms with Crippen molar-refractivity contribution in [3.05, 3.63) is 42.0 Å². The van der Waals surface area contributed by atoms with Crippen LogP contribution >= 0.6 is 0 Å². The largest absolute Gasteiger partial charge is 0.395 e. The zero-order chi connectivity index (χ0) is 17.7. The monoisotopic (exact) mass is 334 g/mol. The Kier molecular flexibility index (Phi) is 6.51. The highest BCUT2D eigenvalue weighted by molar-refractivity contribution is 5.77. The highest BCUT2D eigenvalue weighted by Crippen LogP contribution is 2.31. The quantitative estimate of drug-likeness (QED) is 0.560. The molecule has 0 saturated carbocycles. The molecule has 6 heteroatoms. The van der Waals surface area contributed by atoms with Crippen molar-refractivity contribution in [2.24, 2.45) is 11.7 Å². The number of likely N-dealkylation sites (tertiary alicyclic amines) is 1. The summed E-state index contributed by atoms with van der Waals surface area (Å²) < 4.78 is 0. The van der Waals surface area contributed by atoms with Gasteiger partial charge in [-0.15, -0.1) is 0 Å². The number of carbonyl (C=O) groups excluding carboxylic acids is 1. The fourth-order valence-corrected chi connectivity index (χ4v) is 3.47. The second kappa shape index (κ2) is 8.39. The topological polar surface area (TPSA) is 107 Å². The molecule has 1 aliphatic heterocycles. The molecule has 2 rings (SSSR count). The summed E-state index contributed by atoms with van der Waals surface area (Å²) in [5.74, 6) is -1.10. The third-order valence-corrected chi connectivity index (χ3v) is 4.73. The number of aliphatic hydroxyl groups is 3. The average molecular weight is 334 g/mol. The van der Waals surface area contributed by atoms with Crippen LogP contribution in [-0.4, -0.2) is 63.6 Å². The third-order valence-electron chi connectivity index (χ3n) is 4.73. The van der Waals surface area contributed by atoms with Crippen LogP contribution in [0.15, 0.2) is 36.4 Å². The van der Waals surface area contributed by atoms with Crippen LogP contribution in [0.3, 0.4) is 0 Å². The lowest BCUT2D eigenvalue weighted by Crippen LogP contribution is -2.48. The number of rotatable bonds is 7. The summed E-state index contributed by atoms with van der Waals surface area (Å²) in [5.41, 5.74) is 6.49. The lowest BCUT2D eigenvalue weighted by atomic mass is 9.91. The number of nitrogens with two attached hydrogens (primary N) is 1. The predicted molar refractivity (Wildman–Crippen MR) is 91.8 cm³/mol. The molecule has 1 saturated heterocycles. The van der Waals surface area contributed by atoms with Gasteiger partial charge in [0.15, 0.2) is 0 Å². The van der Waals surface area contributed by atoms with Gasteiger partial charge in [0.2, 0.25) is 5.91 Å². The smallest absolute Gasteiger partial charge is 0.222 e. The molecule has 1 aromatic rings. The molecule has 0 aromatic heterocycles. The maximum absolute atomic E-state index is 11.7. The SMILES string of the molecule is CCC(C(N)=O)C1C(O)C(O)C(CO)N1CC=Cc1ccccc1. The minimum Gasteiger partial charge on any atom is -0.395 e. The Balaban J connectivity index is 2.20. The van der Waals surface area contributed by atoms with E-state index in [0.29, 0.717) is 13.0 Å². The van der Waals surface area contributed by atoms with E-state index in [-0.39, 0.29) is 6.61 Å². The van der Waals surface area contributed by atoms with Crippen LogP contribution in [0.4, 0.5) is 0 Å². The predicted octanol–water partition coefficient (Wildman–Crippen LogP) is -0.0218. The number of benzene rings is 1. The van der Waals surface area contributed by atoms with Crippen molar-refractivity contribution in [3.63, 3.8) is 0 Å². The number of amides is 1. The highest BCUT2D eigenvalue weighted by atomic mass is 16.3. The molecule has 1 amide bonds. The van der Waals surface area contributed by atoms with Crippen molar-refractivity contribution in [2.75, 3.05) is 13.2 Å². The number of primary amides is 1. The average Bonchev–Trinajstić information content (AvgIpc) is 2.81. The summed E-state index contributed by atoms with van der Waals surface area (Å²) in [7, 11) is 0. The van der Waals surface area contributed by atoms with Crippen LogP contribution < -0.4 is 5.73 Å². The first-order valence-corrected chi connectivity index (χ1v) is 8.24. The molecule has 6 nitrogen and oxygen atoms in total. The van der Waals surface area contributed by atoms with Gasteiger partial charge in [-0.05, 0) is 12.0 Å². The Morgan fingerprint density at radius 2 is 1.96 bits per heavy atom. The van der Waals surface area contributed by atoms with Gasteiger partial charge in [-0.1, -0.05) is 49.4 Å². The maximum Gasteiger partial charge on any atom is 0.222 e. The fourth-order valence-electron chi connectivity index (χ4n) is 3.47. The van der Waals surface area contributed by atoms with Crippen LogP contribution in [0.25, 0.3) is 6.08 Å². The zero-order valence-corrected chi connectivity index (χ0v) is 13.8. The maximum atomic E-state index is 11.7. The first-order chi connectivity index (χ1) is 11.5. The van der Waals surface area contributed by atoms with Crippen LogP contribution in [0.1, 0.15) is 18.9 Å². The van der Waals surface area contributed by atoms with Gasteiger partial charge in [0, 0.05) is 6.54 Å². The van der Waals surface area contributed by atoms with Crippen molar-refractivity contribution in [2.45, 2.75) is 37.6 Å². The molecule has 5 unspecified atom stereocenters. The van der Waals surface area contributed by atoms with E-state index in [2.05, 4.69) is 0 Å². The Morgan fingerprint density at radius 1 is 1.29 bits per heavy atom. The molecule has 1 aliphatic rings. The van der Waals surface area contributed by atoms with Crippen molar-refractivity contribution in [3.8, 4) is 0 Å². The molecule has 0 spiro atoms. The Labute approximate surface area is 142 Å². The van der Waals surface area contributed by atoms with Gasteiger partial charge in [-0.3, -0.25) is 9.69 Å². The van der Waals surface area contributed by atoms with E-state index in [4.69, 9.17) is 5.73 Å². The van der Waals surface area contributed by atoms with E-state index in [0.717, 1.165) is 5.56 Å². The Hall–Kier alpha value is -1.73. The number of hydrogen-bond donors (Lipinski definition) is 4. The van der Waals surface area contributed by atoms with Gasteiger partial charge in [0.1, 0.15) is 0 Å². The van der Waals surface area contributed by atoms with Crippen LogP contribution in [0.5, 0.6) is 0 Å². The molecular weight excluding hydrogens is 308 g/mol. The Morgan fingerprint density at radius 3 is 2.50 bits per heavy atom. The minimum absolute atomic E-state index is 0.302. The van der Waals surface area contributed by atoms with Gasteiger partial charge in [-0.2, -0.15) is 0 Å². The number of nitrogens with zero attached hydrogens (tertiary/aromatic N) is 1. The van der Waals surface area contributed by atoms with E-state index < -0.39 is 36.1 Å². The van der Waals surface area contributed by atoms with Gasteiger partial charge in [-0.25, -0.2) is 0 Å². The summed E-state index contributed by atoms with van der Waals surface area (Å²) in [6, 6.07) is 8.48. The molecule has 24 heavy (non-hydrogen) atoms. The first-order valence-electron chi connectivity index (χ1n) is 8.24. The van der Waals surface area contributed by atoms with Crippen LogP contribution in [-0.2, 0) is 4.79 Å². The molecule has 1 aromatic carbocycles. The number of hydrogen-bond acceptors (Lipinski definition) is 5. The summed E-state index contributed by atoms with van der Waals surface area (Å²) in [5, 5.41) is 30.2. The van der Waals surface area contributed by atoms with E-state index >= 15 is 0 Å². The van der Waals surface area contributed by atoms with Gasteiger partial charge in [0.25, 0.3) is 0 Å². The molecule has 132 valence electrons. The lowest BCUT2D eigenvalue weighted by Gasteiger charge is -2.32. The van der Waals surface area contributed by atoms with Gasteiger partial charge < -0.3 is 21.1 Å². The molecule has 0 bridgehead atoms. The lowest BCUT2D eigenvalue weighted by molar-refractivity contribution is -0.125. The summed E-state index contributed by atoms with van der Waals surface area (Å²) in [6.45, 7) is 1.91. The second-order valence-electron chi connectivity index (χ2n) is 6.15. The first kappa shape index (κ1) is 18.6. The highest BCUT2D eigenvalue weighted by Gasteiger charge is 2.50. The van der Waals surface area contributed by atoms with Crippen LogP contribution in [0.2, 0.25) is 0 Å². The molecule has 0 aliphatic carbocycles. The minimum atomic E-state index is -1.12. The van der Waals surface area contributed by atoms with Crippen LogP contribution in [0, 0.1) is 5.92 Å². The van der Waals surface area contributed by atoms with Gasteiger partial charge >= 0.3 is 0 Å². The fraction of sp³-hybridized carbons (Fsp3) is 0.500. The number of carbonyl (C=O) groups is 1. The van der Waals surface area contributed by atoms with Crippen molar-refractivity contribution < 1.29 is 20.1 Å². The van der Waals surface area contributed by atoms with Crippen molar-refractivity contribution in [1.29, 1.82) is 0 Å². The third kappa shape index (κ3) is 3.84.